The van der Waals surface area contributed by atoms with E-state index in [-0.39, 0.29) is 12.4 Å². The molecule has 3 heterocycles. The van der Waals surface area contributed by atoms with Crippen molar-refractivity contribution in [3.8, 4) is 5.97 Å². The monoisotopic (exact) mass is 749 g/mol. The summed E-state index contributed by atoms with van der Waals surface area (Å²) in [5, 5.41) is 14.6. The number of anilines is 3. The quantitative estimate of drug-likeness (QED) is 0.174. The molecule has 2 aliphatic heterocycles. The summed E-state index contributed by atoms with van der Waals surface area (Å²) in [7, 11) is 0. The van der Waals surface area contributed by atoms with Gasteiger partial charge in [-0.25, -0.2) is 5.26 Å². The van der Waals surface area contributed by atoms with Crippen molar-refractivity contribution in [3.63, 3.8) is 0 Å². The first-order valence-corrected chi connectivity index (χ1v) is 19.8. The Balaban J connectivity index is 0.000000925. The summed E-state index contributed by atoms with van der Waals surface area (Å²) in [6, 6.07) is 12.5. The van der Waals surface area contributed by atoms with Gasteiger partial charge in [0.1, 0.15) is 5.82 Å². The van der Waals surface area contributed by atoms with Crippen molar-refractivity contribution >= 4 is 42.5 Å². The molecule has 0 spiro atoms. The Morgan fingerprint density at radius 3 is 2.24 bits per heavy atom. The molecule has 0 aliphatic carbocycles. The standard InChI is InChI=1S/C38H39BF3N5.2C4H10/c1-6-10-36-45-24-31-23-44-34(15-13-27(4)29(7-2)21-30-12-9-8-11-26(30)3)28(5)37(31)47(36)32-14-16-35(33(22-32)38(40,41)42)46-19-17-39(25-43)18-20-46;2*1-3-4-2/h7-16,21-23,45H,3-4,6,17-20,24H2,1-2,5H3;2*3-4H2,1-2H3/b15-13-,29-7+,30-21-,36-10-;;. The molecule has 0 bridgehead atoms. The SMILES string of the molecule is C=C(/C=C\c1ncc2c(c1C)N(c1ccc(N3CCB(C#N)CC3)c(C(F)(F)F)c1)/C(=C\CC)NC2)C(/C=c1/ccccc1=C)=C/C.CCCC.CCCC. The summed E-state index contributed by atoms with van der Waals surface area (Å²) in [5.74, 6) is 2.98. The Kier molecular flexibility index (Phi) is 17.6. The normalized spacial score (nSPS) is 15.4. The van der Waals surface area contributed by atoms with E-state index in [1.165, 1.54) is 31.7 Å². The summed E-state index contributed by atoms with van der Waals surface area (Å²) >= 11 is 0. The molecule has 3 aromatic rings. The number of nitrogens with zero attached hydrogens (tertiary/aromatic N) is 4. The van der Waals surface area contributed by atoms with Crippen LogP contribution in [0.4, 0.5) is 30.2 Å². The predicted octanol–water partition coefficient (Wildman–Crippen LogP) is 11.3. The number of alkyl halides is 3. The van der Waals surface area contributed by atoms with E-state index in [4.69, 9.17) is 4.98 Å². The number of allylic oxidation sites excluding steroid dienone is 5. The van der Waals surface area contributed by atoms with Crippen LogP contribution in [0.2, 0.25) is 12.6 Å². The Bertz CT molecular complexity index is 1970. The van der Waals surface area contributed by atoms with Gasteiger partial charge in [-0.3, -0.25) is 9.88 Å². The van der Waals surface area contributed by atoms with Crippen LogP contribution in [0.25, 0.3) is 18.7 Å². The number of nitrogens with one attached hydrogen (secondary N) is 1. The average Bonchev–Trinajstić information content (AvgIpc) is 3.20. The lowest BCUT2D eigenvalue weighted by atomic mass is 9.45. The molecule has 1 N–H and O–H groups in total. The molecule has 292 valence electrons. The Morgan fingerprint density at radius 2 is 1.67 bits per heavy atom. The van der Waals surface area contributed by atoms with Gasteiger partial charge in [-0.05, 0) is 96.5 Å². The smallest absolute Gasteiger partial charge is 0.372 e. The first-order chi connectivity index (χ1) is 26.4. The fourth-order valence-electron chi connectivity index (χ4n) is 6.18. The van der Waals surface area contributed by atoms with Gasteiger partial charge < -0.3 is 10.2 Å². The van der Waals surface area contributed by atoms with Gasteiger partial charge in [-0.1, -0.05) is 110 Å². The van der Waals surface area contributed by atoms with Gasteiger partial charge in [0.2, 0.25) is 0 Å². The molecule has 9 heteroatoms. The largest absolute Gasteiger partial charge is 0.418 e. The number of unbranched alkanes of at least 4 members (excludes halogenated alkanes) is 2. The summed E-state index contributed by atoms with van der Waals surface area (Å²) in [6.07, 6.45) is 14.2. The van der Waals surface area contributed by atoms with E-state index in [2.05, 4.69) is 52.1 Å². The predicted molar refractivity (Wildman–Crippen MR) is 230 cm³/mol. The molecule has 0 atom stereocenters. The third-order valence-electron chi connectivity index (χ3n) is 9.78. The highest BCUT2D eigenvalue weighted by molar-refractivity contribution is 6.67. The van der Waals surface area contributed by atoms with Crippen LogP contribution >= 0.6 is 0 Å². The minimum atomic E-state index is -4.56. The van der Waals surface area contributed by atoms with Crippen LogP contribution in [-0.4, -0.2) is 24.8 Å². The van der Waals surface area contributed by atoms with E-state index < -0.39 is 11.7 Å². The van der Waals surface area contributed by atoms with Gasteiger partial charge >= 0.3 is 6.18 Å². The second-order valence-electron chi connectivity index (χ2n) is 13.9. The molecule has 0 amide bonds. The van der Waals surface area contributed by atoms with Crippen molar-refractivity contribution in [2.45, 2.75) is 106 Å². The van der Waals surface area contributed by atoms with Crippen LogP contribution in [0.15, 0.2) is 90.4 Å². The second-order valence-corrected chi connectivity index (χ2v) is 13.9. The van der Waals surface area contributed by atoms with Crippen LogP contribution in [0.3, 0.4) is 0 Å². The lowest BCUT2D eigenvalue weighted by Crippen LogP contribution is -2.38. The number of hydrogen-bond acceptors (Lipinski definition) is 5. The van der Waals surface area contributed by atoms with Gasteiger partial charge in [-0.15, -0.1) is 0 Å². The number of nitriles is 1. The van der Waals surface area contributed by atoms with E-state index in [0.29, 0.717) is 50.1 Å². The summed E-state index contributed by atoms with van der Waals surface area (Å²) < 4.78 is 43.9. The van der Waals surface area contributed by atoms with Gasteiger partial charge in [0.15, 0.2) is 0 Å². The van der Waals surface area contributed by atoms with E-state index in [0.717, 1.165) is 44.2 Å². The van der Waals surface area contributed by atoms with Gasteiger partial charge in [-0.2, -0.15) is 13.2 Å². The molecule has 1 aromatic heterocycles. The molecule has 2 aliphatic rings. The van der Waals surface area contributed by atoms with Crippen molar-refractivity contribution in [3.05, 3.63) is 123 Å². The Morgan fingerprint density at radius 1 is 1.02 bits per heavy atom. The molecular weight excluding hydrogens is 690 g/mol. The Labute approximate surface area is 328 Å². The number of aromatic nitrogens is 1. The van der Waals surface area contributed by atoms with Gasteiger partial charge in [0.25, 0.3) is 6.71 Å². The first-order valence-electron chi connectivity index (χ1n) is 19.8. The fraction of sp³-hybridized carbons (Fsp3) is 0.391. The van der Waals surface area contributed by atoms with E-state index in [1.54, 1.807) is 23.2 Å². The molecular formula is C46H59BF3N5. The maximum absolute atomic E-state index is 14.6. The highest BCUT2D eigenvalue weighted by Gasteiger charge is 2.37. The van der Waals surface area contributed by atoms with E-state index in [1.807, 2.05) is 80.3 Å². The number of halogens is 3. The summed E-state index contributed by atoms with van der Waals surface area (Å²) in [6.45, 7) is 24.2. The molecule has 0 saturated carbocycles. The third kappa shape index (κ3) is 12.0. The molecule has 1 fully saturated rings. The number of hydrogen-bond donors (Lipinski definition) is 1. The highest BCUT2D eigenvalue weighted by atomic mass is 19.4. The fourth-order valence-corrected chi connectivity index (χ4v) is 6.18. The zero-order chi connectivity index (χ0) is 40.5. The van der Waals surface area contributed by atoms with Crippen molar-refractivity contribution < 1.29 is 13.2 Å². The lowest BCUT2D eigenvalue weighted by molar-refractivity contribution is -0.137. The number of benzene rings is 2. The summed E-state index contributed by atoms with van der Waals surface area (Å²) in [4.78, 5) is 8.36. The van der Waals surface area contributed by atoms with Crippen LogP contribution in [0, 0.1) is 18.2 Å². The van der Waals surface area contributed by atoms with Gasteiger partial charge in [0, 0.05) is 48.7 Å². The molecule has 5 nitrogen and oxygen atoms in total. The van der Waals surface area contributed by atoms with Crippen LogP contribution < -0.4 is 25.6 Å². The van der Waals surface area contributed by atoms with E-state index >= 15 is 0 Å². The minimum absolute atomic E-state index is 0.123. The zero-order valence-electron chi connectivity index (χ0n) is 34.0. The van der Waals surface area contributed by atoms with Crippen LogP contribution in [-0.2, 0) is 12.7 Å². The van der Waals surface area contributed by atoms with Crippen molar-refractivity contribution in [1.29, 1.82) is 5.26 Å². The molecule has 0 unspecified atom stereocenters. The number of rotatable bonds is 9. The molecule has 0 radical (unpaired) electrons. The summed E-state index contributed by atoms with van der Waals surface area (Å²) in [5.41, 5.74) is 4.86. The number of fused-ring (bicyclic) bond motifs is 1. The molecule has 55 heavy (non-hydrogen) atoms. The zero-order valence-corrected chi connectivity index (χ0v) is 34.0. The maximum Gasteiger partial charge on any atom is 0.418 e. The van der Waals surface area contributed by atoms with Crippen LogP contribution in [0.1, 0.15) is 96.0 Å². The highest BCUT2D eigenvalue weighted by Crippen LogP contribution is 2.44. The van der Waals surface area contributed by atoms with Gasteiger partial charge in [0.05, 0.1) is 16.9 Å². The Hall–Kier alpha value is -4.97. The van der Waals surface area contributed by atoms with Crippen molar-refractivity contribution in [2.75, 3.05) is 22.9 Å². The molecule has 1 saturated heterocycles. The maximum atomic E-state index is 14.6. The van der Waals surface area contributed by atoms with Crippen LogP contribution in [0.5, 0.6) is 0 Å². The molecule has 2 aromatic carbocycles. The average molecular weight is 750 g/mol. The van der Waals surface area contributed by atoms with Crippen molar-refractivity contribution in [1.82, 2.24) is 10.3 Å². The van der Waals surface area contributed by atoms with Crippen molar-refractivity contribution in [2.24, 2.45) is 0 Å². The first kappa shape index (κ1) is 44.4. The molecule has 5 rings (SSSR count). The minimum Gasteiger partial charge on any atom is -0.372 e. The number of pyridine rings is 1. The topological polar surface area (TPSA) is 55.2 Å². The second kappa shape index (κ2) is 21.8. The third-order valence-corrected chi connectivity index (χ3v) is 9.78. The van der Waals surface area contributed by atoms with E-state index in [9.17, 15) is 18.4 Å². The lowest BCUT2D eigenvalue weighted by Gasteiger charge is -2.37.